The molecule has 1 fully saturated rings. The smallest absolute Gasteiger partial charge is 0.336 e. The van der Waals surface area contributed by atoms with Gasteiger partial charge in [-0.25, -0.2) is 4.79 Å². The summed E-state index contributed by atoms with van der Waals surface area (Å²) in [5, 5.41) is 0. The van der Waals surface area contributed by atoms with Gasteiger partial charge in [-0.15, -0.1) is 11.3 Å². The highest BCUT2D eigenvalue weighted by atomic mass is 32.1. The fraction of sp³-hybridized carbons (Fsp3) is 0.316. The van der Waals surface area contributed by atoms with E-state index in [1.165, 1.54) is 22.4 Å². The molecular weight excluding hydrogens is 308 g/mol. The molecule has 0 saturated carbocycles. The molecule has 2 aromatic rings. The third-order valence-electron chi connectivity index (χ3n) is 4.02. The molecule has 2 heterocycles. The highest BCUT2D eigenvalue weighted by Crippen LogP contribution is 2.33. The molecule has 3 rings (SSSR count). The SMILES string of the molecule is COC(=O)C(=Cc1cc(-c2ccccc2)sc1C)C1CCCO1. The number of carbonyl (C=O) groups excluding carboxylic acids is 1. The summed E-state index contributed by atoms with van der Waals surface area (Å²) >= 11 is 1.73. The maximum absolute atomic E-state index is 12.1. The van der Waals surface area contributed by atoms with E-state index in [0.29, 0.717) is 12.2 Å². The third-order valence-corrected chi connectivity index (χ3v) is 5.14. The second-order valence-corrected chi connectivity index (χ2v) is 6.84. The molecule has 120 valence electrons. The summed E-state index contributed by atoms with van der Waals surface area (Å²) in [7, 11) is 1.42. The molecule has 4 heteroatoms. The van der Waals surface area contributed by atoms with Crippen molar-refractivity contribution in [2.24, 2.45) is 0 Å². The summed E-state index contributed by atoms with van der Waals surface area (Å²) in [6.45, 7) is 2.78. The predicted octanol–water partition coefficient (Wildman–Crippen LogP) is 4.46. The summed E-state index contributed by atoms with van der Waals surface area (Å²) in [4.78, 5) is 14.5. The van der Waals surface area contributed by atoms with Gasteiger partial charge < -0.3 is 9.47 Å². The molecule has 0 spiro atoms. The number of benzene rings is 1. The van der Waals surface area contributed by atoms with Crippen LogP contribution in [0, 0.1) is 6.92 Å². The monoisotopic (exact) mass is 328 g/mol. The van der Waals surface area contributed by atoms with E-state index < -0.39 is 0 Å². The van der Waals surface area contributed by atoms with Gasteiger partial charge in [0, 0.05) is 16.4 Å². The lowest BCUT2D eigenvalue weighted by Gasteiger charge is -2.12. The van der Waals surface area contributed by atoms with Gasteiger partial charge in [-0.3, -0.25) is 0 Å². The molecule has 1 unspecified atom stereocenters. The Balaban J connectivity index is 1.96. The van der Waals surface area contributed by atoms with Gasteiger partial charge in [0.2, 0.25) is 0 Å². The van der Waals surface area contributed by atoms with E-state index in [1.807, 2.05) is 24.3 Å². The van der Waals surface area contributed by atoms with Crippen molar-refractivity contribution in [1.82, 2.24) is 0 Å². The van der Waals surface area contributed by atoms with Crippen LogP contribution in [0.5, 0.6) is 0 Å². The van der Waals surface area contributed by atoms with Crippen molar-refractivity contribution in [2.75, 3.05) is 13.7 Å². The Morgan fingerprint density at radius 2 is 2.13 bits per heavy atom. The highest BCUT2D eigenvalue weighted by molar-refractivity contribution is 7.15. The van der Waals surface area contributed by atoms with Crippen LogP contribution >= 0.6 is 11.3 Å². The van der Waals surface area contributed by atoms with E-state index in [1.54, 1.807) is 11.3 Å². The molecule has 1 aliphatic heterocycles. The first-order chi connectivity index (χ1) is 11.2. The van der Waals surface area contributed by atoms with Gasteiger partial charge in [0.25, 0.3) is 0 Å². The number of carbonyl (C=O) groups is 1. The number of rotatable bonds is 4. The van der Waals surface area contributed by atoms with E-state index in [4.69, 9.17) is 9.47 Å². The molecule has 1 aromatic heterocycles. The van der Waals surface area contributed by atoms with Crippen molar-refractivity contribution >= 4 is 23.4 Å². The van der Waals surface area contributed by atoms with Crippen LogP contribution in [0.4, 0.5) is 0 Å². The van der Waals surface area contributed by atoms with Crippen LogP contribution in [-0.4, -0.2) is 25.8 Å². The van der Waals surface area contributed by atoms with Crippen molar-refractivity contribution in [3.05, 3.63) is 52.4 Å². The second-order valence-electron chi connectivity index (χ2n) is 5.58. The van der Waals surface area contributed by atoms with Crippen molar-refractivity contribution in [2.45, 2.75) is 25.9 Å². The second kappa shape index (κ2) is 7.11. The largest absolute Gasteiger partial charge is 0.466 e. The van der Waals surface area contributed by atoms with Gasteiger partial charge >= 0.3 is 5.97 Å². The van der Waals surface area contributed by atoms with E-state index in [-0.39, 0.29) is 12.1 Å². The van der Waals surface area contributed by atoms with E-state index in [2.05, 4.69) is 25.1 Å². The summed E-state index contributed by atoms with van der Waals surface area (Å²) in [6.07, 6.45) is 3.63. The fourth-order valence-corrected chi connectivity index (χ4v) is 3.78. The van der Waals surface area contributed by atoms with Crippen LogP contribution in [0.2, 0.25) is 0 Å². The van der Waals surface area contributed by atoms with Crippen LogP contribution in [0.1, 0.15) is 23.3 Å². The van der Waals surface area contributed by atoms with Crippen molar-refractivity contribution < 1.29 is 14.3 Å². The molecule has 0 radical (unpaired) electrons. The maximum Gasteiger partial charge on any atom is 0.336 e. The lowest BCUT2D eigenvalue weighted by atomic mass is 10.0. The standard InChI is InChI=1S/C19H20O3S/c1-13-15(12-18(23-13)14-7-4-3-5-8-14)11-16(19(20)21-2)17-9-6-10-22-17/h3-5,7-8,11-12,17H,6,9-10H2,1-2H3. The number of methoxy groups -OCH3 is 1. The number of aryl methyl sites for hydroxylation is 1. The lowest BCUT2D eigenvalue weighted by molar-refractivity contribution is -0.137. The van der Waals surface area contributed by atoms with Crippen molar-refractivity contribution in [3.63, 3.8) is 0 Å². The molecular formula is C19H20O3S. The van der Waals surface area contributed by atoms with Crippen LogP contribution in [0.15, 0.2) is 42.0 Å². The van der Waals surface area contributed by atoms with E-state index in [0.717, 1.165) is 18.4 Å². The molecule has 1 atom stereocenters. The predicted molar refractivity (Wildman–Crippen MR) is 93.5 cm³/mol. The Morgan fingerprint density at radius 3 is 2.78 bits per heavy atom. The minimum Gasteiger partial charge on any atom is -0.466 e. The molecule has 3 nitrogen and oxygen atoms in total. The summed E-state index contributed by atoms with van der Waals surface area (Å²) < 4.78 is 10.6. The number of thiophene rings is 1. The maximum atomic E-state index is 12.1. The number of hydrogen-bond acceptors (Lipinski definition) is 4. The first kappa shape index (κ1) is 16.0. The molecule has 1 saturated heterocycles. The Bertz CT molecular complexity index is 709. The molecule has 0 N–H and O–H groups in total. The average molecular weight is 328 g/mol. The molecule has 1 aliphatic rings. The summed E-state index contributed by atoms with van der Waals surface area (Å²) in [6, 6.07) is 12.4. The number of hydrogen-bond donors (Lipinski definition) is 0. The molecule has 0 amide bonds. The van der Waals surface area contributed by atoms with Gasteiger partial charge in [-0.05, 0) is 43.0 Å². The Hall–Kier alpha value is -1.91. The number of esters is 1. The van der Waals surface area contributed by atoms with Gasteiger partial charge in [0.1, 0.15) is 0 Å². The topological polar surface area (TPSA) is 35.5 Å². The minimum atomic E-state index is -0.302. The van der Waals surface area contributed by atoms with Crippen LogP contribution < -0.4 is 0 Å². The zero-order valence-corrected chi connectivity index (χ0v) is 14.2. The first-order valence-corrected chi connectivity index (χ1v) is 8.58. The van der Waals surface area contributed by atoms with Crippen LogP contribution in [0.25, 0.3) is 16.5 Å². The molecule has 1 aromatic carbocycles. The fourth-order valence-electron chi connectivity index (χ4n) is 2.78. The Morgan fingerprint density at radius 1 is 1.35 bits per heavy atom. The third kappa shape index (κ3) is 3.54. The zero-order chi connectivity index (χ0) is 16.2. The van der Waals surface area contributed by atoms with Crippen molar-refractivity contribution in [1.29, 1.82) is 0 Å². The number of ether oxygens (including phenoxy) is 2. The average Bonchev–Trinajstić information content (AvgIpc) is 3.23. The minimum absolute atomic E-state index is 0.151. The van der Waals surface area contributed by atoms with Gasteiger partial charge in [-0.1, -0.05) is 30.3 Å². The van der Waals surface area contributed by atoms with Gasteiger partial charge in [0.05, 0.1) is 18.8 Å². The van der Waals surface area contributed by atoms with Gasteiger partial charge in [-0.2, -0.15) is 0 Å². The summed E-state index contributed by atoms with van der Waals surface area (Å²) in [5.41, 5.74) is 2.87. The normalized spacial score (nSPS) is 18.2. The van der Waals surface area contributed by atoms with Crippen LogP contribution in [0.3, 0.4) is 0 Å². The molecule has 23 heavy (non-hydrogen) atoms. The van der Waals surface area contributed by atoms with Crippen molar-refractivity contribution in [3.8, 4) is 10.4 Å². The quantitative estimate of drug-likeness (QED) is 0.614. The van der Waals surface area contributed by atoms with Gasteiger partial charge in [0.15, 0.2) is 0 Å². The first-order valence-electron chi connectivity index (χ1n) is 7.76. The Kier molecular flexibility index (Phi) is 4.94. The lowest BCUT2D eigenvalue weighted by Crippen LogP contribution is -2.18. The Labute approximate surface area is 140 Å². The highest BCUT2D eigenvalue weighted by Gasteiger charge is 2.26. The summed E-state index contributed by atoms with van der Waals surface area (Å²) in [5.74, 6) is -0.302. The van der Waals surface area contributed by atoms with Crippen LogP contribution in [-0.2, 0) is 14.3 Å². The van der Waals surface area contributed by atoms with E-state index in [9.17, 15) is 4.79 Å². The zero-order valence-electron chi connectivity index (χ0n) is 13.4. The molecule has 0 aliphatic carbocycles. The molecule has 0 bridgehead atoms. The van der Waals surface area contributed by atoms with E-state index >= 15 is 0 Å².